The summed E-state index contributed by atoms with van der Waals surface area (Å²) in [6.45, 7) is 7.79. The van der Waals surface area contributed by atoms with E-state index in [0.717, 1.165) is 66.7 Å². The number of aryl methyl sites for hydroxylation is 1. The van der Waals surface area contributed by atoms with Gasteiger partial charge in [-0.15, -0.1) is 0 Å². The van der Waals surface area contributed by atoms with E-state index in [-0.39, 0.29) is 47.1 Å². The zero-order chi connectivity index (χ0) is 44.0. The van der Waals surface area contributed by atoms with Gasteiger partial charge in [-0.3, -0.25) is 24.7 Å². The normalized spacial score (nSPS) is 19.4. The summed E-state index contributed by atoms with van der Waals surface area (Å²) in [5.41, 5.74) is 3.71. The number of anilines is 1. The largest absolute Gasteiger partial charge is 0.461 e. The number of furan rings is 1. The first-order valence-electron chi connectivity index (χ1n) is 20.8. The van der Waals surface area contributed by atoms with Gasteiger partial charge in [-0.1, -0.05) is 35.5 Å². The Morgan fingerprint density at radius 2 is 1.71 bits per heavy atom. The molecule has 0 saturated carbocycles. The van der Waals surface area contributed by atoms with E-state index in [1.165, 1.54) is 29.3 Å². The van der Waals surface area contributed by atoms with E-state index in [9.17, 15) is 23.9 Å². The molecule has 322 valence electrons. The maximum Gasteiger partial charge on any atom is 0.271 e. The Bertz CT molecular complexity index is 2330. The van der Waals surface area contributed by atoms with Crippen molar-refractivity contribution in [3.8, 4) is 0 Å². The number of aromatic nitrogens is 1. The molecule has 4 amide bonds. The fourth-order valence-electron chi connectivity index (χ4n) is 7.36. The minimum Gasteiger partial charge on any atom is -0.461 e. The van der Waals surface area contributed by atoms with Crippen LogP contribution in [-0.4, -0.2) is 127 Å². The van der Waals surface area contributed by atoms with Crippen LogP contribution in [0.2, 0.25) is 0 Å². The number of likely N-dealkylation sites (tertiary alicyclic amines) is 2. The Morgan fingerprint density at radius 1 is 0.968 bits per heavy atom. The molecule has 0 aliphatic carbocycles. The number of aliphatic imine (C=N–C) groups is 2. The molecular formula is C45H52BN9O7. The molecule has 17 heteroatoms. The van der Waals surface area contributed by atoms with Gasteiger partial charge in [0.15, 0.2) is 6.10 Å². The van der Waals surface area contributed by atoms with Crippen LogP contribution in [0.5, 0.6) is 0 Å². The summed E-state index contributed by atoms with van der Waals surface area (Å²) in [6.07, 6.45) is 9.41. The number of guanidine groups is 1. The van der Waals surface area contributed by atoms with Crippen molar-refractivity contribution in [2.75, 3.05) is 45.6 Å². The quantitative estimate of drug-likeness (QED) is 0.0880. The van der Waals surface area contributed by atoms with Crippen molar-refractivity contribution in [3.05, 3.63) is 108 Å². The minimum atomic E-state index is -0.727. The van der Waals surface area contributed by atoms with Crippen LogP contribution in [0.15, 0.2) is 105 Å². The smallest absolute Gasteiger partial charge is 0.271 e. The predicted octanol–water partition coefficient (Wildman–Crippen LogP) is 5.24. The zero-order valence-corrected chi connectivity index (χ0v) is 35.4. The van der Waals surface area contributed by atoms with Crippen LogP contribution >= 0.6 is 0 Å². The molecule has 16 nitrogen and oxygen atoms in total. The molecule has 62 heavy (non-hydrogen) atoms. The Kier molecular flexibility index (Phi) is 15.6. The SMILES string of the molecule is C=CCN1CCCCC(N=CB=O)C1=O.Cc1cc2cc(NC(=N[C@H]3CCCCN(CC4CC(c5ccccc5)=NO4)C3=O)NC(=O)c3ccc(C(=O)N(C)C)nc3)ccc2o1. The summed E-state index contributed by atoms with van der Waals surface area (Å²) in [5, 5.41) is 11.2. The molecule has 0 radical (unpaired) electrons. The van der Waals surface area contributed by atoms with E-state index in [1.54, 1.807) is 30.0 Å². The number of hydrogen-bond donors (Lipinski definition) is 2. The number of carbonyl (C=O) groups is 4. The average Bonchev–Trinajstić information content (AvgIpc) is 3.81. The standard InChI is InChI=1S/C35H37N7O5.C10H15BN2O2/c1-22-17-25-18-26(13-15-31(25)46-22)37-35(39-32(43)24-12-14-28(36-20-24)33(44)41(2)3)38-29-11-7-8-16-42(34(29)45)21-27-19-30(40-47-27)23-9-5-4-6-10-23;1-2-6-13-7-4-3-5-9(10(13)14)12-8-11-15/h4-6,9-10,12-15,17-18,20,27,29H,7-8,11,16,19,21H2,1-3H3,(H2,37,38,39,43);2,8-9H,1,3-7H2/t27?,29-;/m0./s1. The number of carbonyl (C=O) groups excluding carboxylic acids is 4. The number of rotatable bonds is 11. The molecule has 2 aromatic heterocycles. The first-order chi connectivity index (χ1) is 30.0. The fraction of sp³-hybridized carbons (Fsp3) is 0.378. The molecule has 7 rings (SSSR count). The van der Waals surface area contributed by atoms with Gasteiger partial charge in [-0.25, -0.2) is 4.99 Å². The molecule has 3 aliphatic rings. The molecule has 0 spiro atoms. The van der Waals surface area contributed by atoms with Gasteiger partial charge in [-0.05, 0) is 68.1 Å². The van der Waals surface area contributed by atoms with Crippen molar-refractivity contribution in [2.45, 2.75) is 70.1 Å². The number of oxime groups is 1. The van der Waals surface area contributed by atoms with Gasteiger partial charge in [0.05, 0.1) is 17.8 Å². The molecule has 2 N–H and O–H groups in total. The van der Waals surface area contributed by atoms with Crippen molar-refractivity contribution in [1.82, 2.24) is 25.0 Å². The van der Waals surface area contributed by atoms with Crippen LogP contribution in [0, 0.1) is 6.92 Å². The number of nitrogens with one attached hydrogen (secondary N) is 2. The monoisotopic (exact) mass is 841 g/mol. The van der Waals surface area contributed by atoms with Crippen molar-refractivity contribution in [3.63, 3.8) is 0 Å². The molecule has 0 bridgehead atoms. The summed E-state index contributed by atoms with van der Waals surface area (Å²) in [7, 11) is 3.87. The number of hydrogen-bond acceptors (Lipinski definition) is 11. The third-order valence-corrected chi connectivity index (χ3v) is 10.5. The van der Waals surface area contributed by atoms with Crippen molar-refractivity contribution in [1.29, 1.82) is 0 Å². The Balaban J connectivity index is 0.000000362. The zero-order valence-electron chi connectivity index (χ0n) is 35.4. The van der Waals surface area contributed by atoms with Crippen molar-refractivity contribution < 1.29 is 33.1 Å². The minimum absolute atomic E-state index is 0.00509. The van der Waals surface area contributed by atoms with Gasteiger partial charge in [0.2, 0.25) is 11.9 Å². The molecule has 2 fully saturated rings. The Labute approximate surface area is 361 Å². The van der Waals surface area contributed by atoms with Gasteiger partial charge >= 0.3 is 89.6 Å². The maximum atomic E-state index is 13.9. The van der Waals surface area contributed by atoms with Gasteiger partial charge in [0, 0.05) is 44.3 Å². The third-order valence-electron chi connectivity index (χ3n) is 10.5. The van der Waals surface area contributed by atoms with E-state index in [0.29, 0.717) is 45.3 Å². The first kappa shape index (κ1) is 44.8. The topological polar surface area (TPSA) is 191 Å². The summed E-state index contributed by atoms with van der Waals surface area (Å²) in [6, 6.07) is 19.3. The van der Waals surface area contributed by atoms with E-state index in [1.807, 2.05) is 61.5 Å². The van der Waals surface area contributed by atoms with Gasteiger partial charge < -0.3 is 24.4 Å². The first-order valence-corrected chi connectivity index (χ1v) is 20.8. The second-order valence-corrected chi connectivity index (χ2v) is 15.4. The molecule has 4 aromatic rings. The third kappa shape index (κ3) is 11.9. The molecule has 2 saturated heterocycles. The fourth-order valence-corrected chi connectivity index (χ4v) is 7.36. The van der Waals surface area contributed by atoms with Crippen LogP contribution in [0.25, 0.3) is 11.0 Å². The van der Waals surface area contributed by atoms with Crippen LogP contribution in [0.1, 0.15) is 77.1 Å². The maximum absolute atomic E-state index is 13.9. The Morgan fingerprint density at radius 3 is 2.42 bits per heavy atom. The number of benzene rings is 2. The van der Waals surface area contributed by atoms with Gasteiger partial charge in [0.1, 0.15) is 23.1 Å². The van der Waals surface area contributed by atoms with Gasteiger partial charge in [0.25, 0.3) is 11.8 Å². The van der Waals surface area contributed by atoms with Crippen molar-refractivity contribution in [2.24, 2.45) is 15.1 Å². The molecule has 2 unspecified atom stereocenters. The molecular weight excluding hydrogens is 789 g/mol. The van der Waals surface area contributed by atoms with Crippen LogP contribution in [-0.2, 0) is 19.1 Å². The van der Waals surface area contributed by atoms with E-state index in [4.69, 9.17) is 14.2 Å². The molecule has 3 atom stereocenters. The van der Waals surface area contributed by atoms with Crippen LogP contribution < -0.4 is 10.6 Å². The number of pyridine rings is 1. The summed E-state index contributed by atoms with van der Waals surface area (Å²) in [5.74, 6) is 0.00549. The average molecular weight is 842 g/mol. The molecule has 3 aliphatic heterocycles. The van der Waals surface area contributed by atoms with E-state index < -0.39 is 11.9 Å². The number of amides is 4. The van der Waals surface area contributed by atoms with Crippen LogP contribution in [0.3, 0.4) is 0 Å². The predicted molar refractivity (Wildman–Crippen MR) is 238 cm³/mol. The second-order valence-electron chi connectivity index (χ2n) is 15.4. The Hall–Kier alpha value is -6.78. The number of fused-ring (bicyclic) bond motifs is 1. The van der Waals surface area contributed by atoms with E-state index in [2.05, 4.69) is 32.3 Å². The summed E-state index contributed by atoms with van der Waals surface area (Å²) >= 11 is 0. The summed E-state index contributed by atoms with van der Waals surface area (Å²) < 4.78 is 15.9. The molecule has 2 aromatic carbocycles. The second kappa shape index (κ2) is 21.7. The van der Waals surface area contributed by atoms with E-state index >= 15 is 0 Å². The van der Waals surface area contributed by atoms with Crippen LogP contribution in [0.4, 0.5) is 5.69 Å². The number of nitrogens with zero attached hydrogens (tertiary/aromatic N) is 7. The molecule has 5 heterocycles. The summed E-state index contributed by atoms with van der Waals surface area (Å²) in [4.78, 5) is 75.0. The van der Waals surface area contributed by atoms with Gasteiger partial charge in [-0.2, -0.15) is 0 Å². The van der Waals surface area contributed by atoms with Crippen molar-refractivity contribution >= 4 is 65.2 Å².